The minimum Gasteiger partial charge on any atom is -0.490 e. The van der Waals surface area contributed by atoms with Crippen molar-refractivity contribution in [2.75, 3.05) is 50.1 Å². The molecule has 0 spiro atoms. The van der Waals surface area contributed by atoms with E-state index >= 15 is 0 Å². The number of hydrogen-bond donors (Lipinski definition) is 1. The van der Waals surface area contributed by atoms with E-state index in [2.05, 4.69) is 5.32 Å². The number of nitrogens with zero attached hydrogens (tertiary/aromatic N) is 3. The van der Waals surface area contributed by atoms with Gasteiger partial charge in [-0.2, -0.15) is 0 Å². The van der Waals surface area contributed by atoms with Crippen LogP contribution >= 0.6 is 0 Å². The zero-order chi connectivity index (χ0) is 24.8. The van der Waals surface area contributed by atoms with Crippen molar-refractivity contribution in [3.05, 3.63) is 57.6 Å². The molecule has 0 aliphatic carbocycles. The molecule has 3 rings (SSSR count). The first kappa shape index (κ1) is 24.5. The SMILES string of the molecule is CCOC(=O)c1ccc(N2CCN(C(C)=O)CC2)c(NC(=O)c2ccc(OC)c([N+](=O)[O-])c2)c1. The second-order valence-corrected chi connectivity index (χ2v) is 7.54. The van der Waals surface area contributed by atoms with Crippen LogP contribution in [0.3, 0.4) is 0 Å². The number of ether oxygens (including phenoxy) is 2. The fourth-order valence-electron chi connectivity index (χ4n) is 3.68. The van der Waals surface area contributed by atoms with E-state index in [1.807, 2.05) is 4.90 Å². The van der Waals surface area contributed by atoms with Gasteiger partial charge >= 0.3 is 11.7 Å². The minimum atomic E-state index is -0.628. The zero-order valence-electron chi connectivity index (χ0n) is 19.2. The van der Waals surface area contributed by atoms with E-state index in [0.717, 1.165) is 6.07 Å². The summed E-state index contributed by atoms with van der Waals surface area (Å²) in [5, 5.41) is 14.1. The number of methoxy groups -OCH3 is 1. The van der Waals surface area contributed by atoms with E-state index in [4.69, 9.17) is 9.47 Å². The van der Waals surface area contributed by atoms with Gasteiger partial charge in [-0.1, -0.05) is 0 Å². The molecule has 0 saturated carbocycles. The van der Waals surface area contributed by atoms with E-state index < -0.39 is 16.8 Å². The Morgan fingerprint density at radius 1 is 1.06 bits per heavy atom. The van der Waals surface area contributed by atoms with Gasteiger partial charge < -0.3 is 24.6 Å². The summed E-state index contributed by atoms with van der Waals surface area (Å²) in [4.78, 5) is 51.4. The number of esters is 1. The average Bonchev–Trinajstić information content (AvgIpc) is 2.83. The smallest absolute Gasteiger partial charge is 0.338 e. The summed E-state index contributed by atoms with van der Waals surface area (Å²) in [6.45, 7) is 5.53. The van der Waals surface area contributed by atoms with Crippen molar-refractivity contribution >= 4 is 34.8 Å². The Balaban J connectivity index is 1.93. The van der Waals surface area contributed by atoms with Crippen LogP contribution in [0.4, 0.5) is 17.1 Å². The lowest BCUT2D eigenvalue weighted by molar-refractivity contribution is -0.385. The van der Waals surface area contributed by atoms with Crippen LogP contribution < -0.4 is 15.0 Å². The number of carbonyl (C=O) groups is 3. The third-order valence-electron chi connectivity index (χ3n) is 5.46. The maximum absolute atomic E-state index is 13.0. The lowest BCUT2D eigenvalue weighted by atomic mass is 10.1. The Kier molecular flexibility index (Phi) is 7.67. The second-order valence-electron chi connectivity index (χ2n) is 7.54. The molecule has 1 N–H and O–H groups in total. The zero-order valence-corrected chi connectivity index (χ0v) is 19.2. The molecule has 0 bridgehead atoms. The van der Waals surface area contributed by atoms with Crippen molar-refractivity contribution in [1.82, 2.24) is 4.90 Å². The Hall–Kier alpha value is -4.15. The number of nitro groups is 1. The van der Waals surface area contributed by atoms with Gasteiger partial charge in [0.25, 0.3) is 5.91 Å². The molecule has 11 heteroatoms. The van der Waals surface area contributed by atoms with Gasteiger partial charge in [-0.15, -0.1) is 0 Å². The molecule has 1 heterocycles. The highest BCUT2D eigenvalue weighted by atomic mass is 16.6. The highest BCUT2D eigenvalue weighted by Gasteiger charge is 2.24. The van der Waals surface area contributed by atoms with Crippen LogP contribution in [0.1, 0.15) is 34.6 Å². The Labute approximate surface area is 196 Å². The molecule has 1 saturated heterocycles. The van der Waals surface area contributed by atoms with Crippen LogP contribution in [0.5, 0.6) is 5.75 Å². The fraction of sp³-hybridized carbons (Fsp3) is 0.348. The first-order valence-electron chi connectivity index (χ1n) is 10.7. The fourth-order valence-corrected chi connectivity index (χ4v) is 3.68. The van der Waals surface area contributed by atoms with Gasteiger partial charge in [-0.05, 0) is 37.3 Å². The lowest BCUT2D eigenvalue weighted by Crippen LogP contribution is -2.48. The van der Waals surface area contributed by atoms with Crippen LogP contribution in [-0.2, 0) is 9.53 Å². The highest BCUT2D eigenvalue weighted by Crippen LogP contribution is 2.31. The molecule has 1 aliphatic heterocycles. The first-order valence-corrected chi connectivity index (χ1v) is 10.7. The van der Waals surface area contributed by atoms with Gasteiger partial charge in [0.1, 0.15) is 0 Å². The summed E-state index contributed by atoms with van der Waals surface area (Å²) < 4.78 is 10.1. The number of amides is 2. The van der Waals surface area contributed by atoms with E-state index in [9.17, 15) is 24.5 Å². The van der Waals surface area contributed by atoms with Gasteiger partial charge in [0.05, 0.1) is 35.6 Å². The summed E-state index contributed by atoms with van der Waals surface area (Å²) in [5.41, 5.74) is 0.985. The third kappa shape index (κ3) is 5.42. The van der Waals surface area contributed by atoms with Crippen molar-refractivity contribution in [2.24, 2.45) is 0 Å². The summed E-state index contributed by atoms with van der Waals surface area (Å²) in [5.74, 6) is -1.09. The van der Waals surface area contributed by atoms with E-state index in [1.165, 1.54) is 32.2 Å². The molecule has 34 heavy (non-hydrogen) atoms. The predicted molar refractivity (Wildman–Crippen MR) is 124 cm³/mol. The van der Waals surface area contributed by atoms with Crippen LogP contribution in [0.25, 0.3) is 0 Å². The quantitative estimate of drug-likeness (QED) is 0.371. The third-order valence-corrected chi connectivity index (χ3v) is 5.46. The van der Waals surface area contributed by atoms with E-state index in [-0.39, 0.29) is 35.1 Å². The normalized spacial score (nSPS) is 13.3. The summed E-state index contributed by atoms with van der Waals surface area (Å²) in [6.07, 6.45) is 0. The summed E-state index contributed by atoms with van der Waals surface area (Å²) in [7, 11) is 1.31. The van der Waals surface area contributed by atoms with E-state index in [0.29, 0.717) is 37.6 Å². The average molecular weight is 470 g/mol. The molecular weight excluding hydrogens is 444 g/mol. The van der Waals surface area contributed by atoms with Gasteiger partial charge in [0, 0.05) is 44.7 Å². The number of hydrogen-bond acceptors (Lipinski definition) is 8. The van der Waals surface area contributed by atoms with Crippen LogP contribution in [0, 0.1) is 10.1 Å². The number of nitrogens with one attached hydrogen (secondary N) is 1. The number of nitro benzene ring substituents is 1. The summed E-state index contributed by atoms with van der Waals surface area (Å²) in [6, 6.07) is 8.74. The second kappa shape index (κ2) is 10.6. The van der Waals surface area contributed by atoms with Crippen molar-refractivity contribution < 1.29 is 28.8 Å². The number of piperazine rings is 1. The molecule has 0 atom stereocenters. The number of anilines is 2. The van der Waals surface area contributed by atoms with Gasteiger partial charge in [-0.3, -0.25) is 19.7 Å². The van der Waals surface area contributed by atoms with Gasteiger partial charge in [-0.25, -0.2) is 4.79 Å². The molecule has 0 aromatic heterocycles. The molecule has 11 nitrogen and oxygen atoms in total. The Morgan fingerprint density at radius 3 is 2.32 bits per heavy atom. The molecule has 0 unspecified atom stereocenters. The monoisotopic (exact) mass is 470 g/mol. The van der Waals surface area contributed by atoms with Crippen LogP contribution in [0.15, 0.2) is 36.4 Å². The highest BCUT2D eigenvalue weighted by molar-refractivity contribution is 6.07. The molecule has 2 aromatic rings. The molecule has 1 aliphatic rings. The van der Waals surface area contributed by atoms with Gasteiger partial charge in [0.15, 0.2) is 5.75 Å². The Morgan fingerprint density at radius 2 is 1.74 bits per heavy atom. The number of benzene rings is 2. The van der Waals surface area contributed by atoms with Crippen molar-refractivity contribution in [1.29, 1.82) is 0 Å². The van der Waals surface area contributed by atoms with Crippen molar-refractivity contribution in [2.45, 2.75) is 13.8 Å². The molecule has 2 amide bonds. The molecule has 180 valence electrons. The maximum atomic E-state index is 13.0. The number of rotatable bonds is 7. The van der Waals surface area contributed by atoms with Crippen molar-refractivity contribution in [3.63, 3.8) is 0 Å². The van der Waals surface area contributed by atoms with Gasteiger partial charge in [0.2, 0.25) is 5.91 Å². The van der Waals surface area contributed by atoms with Crippen molar-refractivity contribution in [3.8, 4) is 5.75 Å². The lowest BCUT2D eigenvalue weighted by Gasteiger charge is -2.36. The molecule has 1 fully saturated rings. The number of carbonyl (C=O) groups excluding carboxylic acids is 3. The molecular formula is C23H26N4O7. The predicted octanol–water partition coefficient (Wildman–Crippen LogP) is 2.70. The van der Waals surface area contributed by atoms with Crippen LogP contribution in [0.2, 0.25) is 0 Å². The Bertz CT molecular complexity index is 1110. The standard InChI is InChI=1S/C23H26N4O7/c1-4-34-23(30)17-5-7-19(26-11-9-25(10-12-26)15(2)28)18(13-17)24-22(29)16-6-8-21(33-3)20(14-16)27(31)32/h5-8,13-14H,4,9-12H2,1-3H3,(H,24,29). The van der Waals surface area contributed by atoms with E-state index in [1.54, 1.807) is 24.0 Å². The maximum Gasteiger partial charge on any atom is 0.338 e. The molecule has 0 radical (unpaired) electrons. The molecule has 2 aromatic carbocycles. The minimum absolute atomic E-state index is 0.00747. The van der Waals surface area contributed by atoms with Crippen LogP contribution in [-0.4, -0.2) is 67.5 Å². The summed E-state index contributed by atoms with van der Waals surface area (Å²) >= 11 is 0. The first-order chi connectivity index (χ1) is 16.2. The topological polar surface area (TPSA) is 131 Å². The largest absolute Gasteiger partial charge is 0.490 e.